The summed E-state index contributed by atoms with van der Waals surface area (Å²) < 4.78 is 0. The molecule has 0 amide bonds. The Balaban J connectivity index is 1.82. The maximum atomic E-state index is 2.58. The fourth-order valence-corrected chi connectivity index (χ4v) is 3.38. The van der Waals surface area contributed by atoms with Gasteiger partial charge in [-0.25, -0.2) is 0 Å². The van der Waals surface area contributed by atoms with Crippen molar-refractivity contribution in [2.24, 2.45) is 11.8 Å². The molecular formula is C18H22. The van der Waals surface area contributed by atoms with Gasteiger partial charge in [-0.3, -0.25) is 0 Å². The topological polar surface area (TPSA) is 0 Å². The van der Waals surface area contributed by atoms with E-state index >= 15 is 0 Å². The summed E-state index contributed by atoms with van der Waals surface area (Å²) in [6.45, 7) is 2.28. The summed E-state index contributed by atoms with van der Waals surface area (Å²) in [6.07, 6.45) is 11.8. The van der Waals surface area contributed by atoms with E-state index in [0.29, 0.717) is 5.92 Å². The van der Waals surface area contributed by atoms with Gasteiger partial charge in [-0.2, -0.15) is 0 Å². The van der Waals surface area contributed by atoms with Gasteiger partial charge in [0.15, 0.2) is 0 Å². The van der Waals surface area contributed by atoms with Crippen LogP contribution < -0.4 is 0 Å². The fraction of sp³-hybridized carbons (Fsp3) is 0.444. The molecule has 0 nitrogen and oxygen atoms in total. The number of rotatable bonds is 4. The highest BCUT2D eigenvalue weighted by molar-refractivity contribution is 5.72. The number of fused-ring (bicyclic) bond motifs is 1. The van der Waals surface area contributed by atoms with E-state index in [9.17, 15) is 0 Å². The van der Waals surface area contributed by atoms with Gasteiger partial charge in [-0.1, -0.05) is 61.4 Å². The molecule has 0 aromatic heterocycles. The summed E-state index contributed by atoms with van der Waals surface area (Å²) in [7, 11) is 0. The van der Waals surface area contributed by atoms with Gasteiger partial charge in [-0.05, 0) is 42.7 Å². The predicted octanol–water partition coefficient (Wildman–Crippen LogP) is 5.23. The molecule has 0 spiro atoms. The van der Waals surface area contributed by atoms with Crippen molar-refractivity contribution in [2.75, 3.05) is 0 Å². The SMILES string of the molecule is CCCCC1=C[C@H]2CC[C@@H]1C=C2c1ccccc1. The molecule has 0 unspecified atom stereocenters. The molecule has 18 heavy (non-hydrogen) atoms. The highest BCUT2D eigenvalue weighted by atomic mass is 14.3. The van der Waals surface area contributed by atoms with Gasteiger partial charge in [-0.15, -0.1) is 0 Å². The Hall–Kier alpha value is -1.30. The molecule has 0 saturated carbocycles. The second-order valence-electron chi connectivity index (χ2n) is 5.62. The van der Waals surface area contributed by atoms with Gasteiger partial charge in [0.2, 0.25) is 0 Å². The van der Waals surface area contributed by atoms with Crippen molar-refractivity contribution >= 4 is 5.57 Å². The van der Waals surface area contributed by atoms with Crippen LogP contribution in [0.5, 0.6) is 0 Å². The first-order chi connectivity index (χ1) is 8.88. The first-order valence-electron chi connectivity index (χ1n) is 7.36. The molecule has 0 heteroatoms. The third-order valence-corrected chi connectivity index (χ3v) is 4.39. The number of unbranched alkanes of at least 4 members (excludes halogenated alkanes) is 1. The molecule has 2 atom stereocenters. The van der Waals surface area contributed by atoms with Crippen LogP contribution in [0.15, 0.2) is 48.1 Å². The standard InChI is InChI=1S/C18H22/c1-2-3-7-15-12-17-11-10-16(15)13-18(17)14-8-5-4-6-9-14/h4-6,8-9,12-13,16-17H,2-3,7,10-11H2,1H3/t16-,17-/m1/s1. The summed E-state index contributed by atoms with van der Waals surface area (Å²) in [5.41, 5.74) is 4.72. The Morgan fingerprint density at radius 2 is 1.78 bits per heavy atom. The average molecular weight is 238 g/mol. The van der Waals surface area contributed by atoms with Crippen molar-refractivity contribution in [3.8, 4) is 0 Å². The molecule has 94 valence electrons. The second kappa shape index (κ2) is 5.14. The Morgan fingerprint density at radius 1 is 1.00 bits per heavy atom. The number of benzene rings is 1. The van der Waals surface area contributed by atoms with Crippen LogP contribution in [0.4, 0.5) is 0 Å². The van der Waals surface area contributed by atoms with Crippen molar-refractivity contribution in [2.45, 2.75) is 39.0 Å². The molecule has 3 aliphatic carbocycles. The zero-order valence-electron chi connectivity index (χ0n) is 11.2. The summed E-state index contributed by atoms with van der Waals surface area (Å²) >= 11 is 0. The van der Waals surface area contributed by atoms with Crippen LogP contribution >= 0.6 is 0 Å². The summed E-state index contributed by atoms with van der Waals surface area (Å²) in [5.74, 6) is 1.42. The summed E-state index contributed by atoms with van der Waals surface area (Å²) in [6, 6.07) is 10.9. The molecule has 3 aliphatic rings. The Bertz CT molecular complexity index is 464. The van der Waals surface area contributed by atoms with Gasteiger partial charge < -0.3 is 0 Å². The molecule has 0 heterocycles. The number of hydrogen-bond acceptors (Lipinski definition) is 0. The molecule has 1 aromatic rings. The van der Waals surface area contributed by atoms with Gasteiger partial charge in [0.05, 0.1) is 0 Å². The monoisotopic (exact) mass is 238 g/mol. The van der Waals surface area contributed by atoms with Crippen LogP contribution in [0, 0.1) is 11.8 Å². The van der Waals surface area contributed by atoms with Crippen molar-refractivity contribution < 1.29 is 0 Å². The van der Waals surface area contributed by atoms with E-state index in [1.807, 2.05) is 0 Å². The summed E-state index contributed by atoms with van der Waals surface area (Å²) in [4.78, 5) is 0. The highest BCUT2D eigenvalue weighted by Crippen LogP contribution is 2.45. The minimum absolute atomic E-state index is 0.684. The van der Waals surface area contributed by atoms with E-state index in [1.165, 1.54) is 37.7 Å². The molecule has 0 radical (unpaired) electrons. The first-order valence-corrected chi connectivity index (χ1v) is 7.36. The largest absolute Gasteiger partial charge is 0.0772 e. The lowest BCUT2D eigenvalue weighted by molar-refractivity contribution is 0.498. The maximum Gasteiger partial charge on any atom is 0.00241 e. The van der Waals surface area contributed by atoms with Crippen molar-refractivity contribution in [3.63, 3.8) is 0 Å². The molecule has 0 saturated heterocycles. The van der Waals surface area contributed by atoms with E-state index < -0.39 is 0 Å². The van der Waals surface area contributed by atoms with E-state index in [2.05, 4.69) is 49.4 Å². The molecule has 0 N–H and O–H groups in total. The molecular weight excluding hydrogens is 216 g/mol. The van der Waals surface area contributed by atoms with Crippen molar-refractivity contribution in [1.82, 2.24) is 0 Å². The van der Waals surface area contributed by atoms with Crippen LogP contribution in [-0.4, -0.2) is 0 Å². The molecule has 4 rings (SSSR count). The average Bonchev–Trinajstić information content (AvgIpc) is 2.46. The van der Waals surface area contributed by atoms with Crippen molar-refractivity contribution in [3.05, 3.63) is 53.6 Å². The molecule has 0 fully saturated rings. The van der Waals surface area contributed by atoms with E-state index in [0.717, 1.165) is 5.92 Å². The van der Waals surface area contributed by atoms with E-state index in [4.69, 9.17) is 0 Å². The second-order valence-corrected chi connectivity index (χ2v) is 5.62. The van der Waals surface area contributed by atoms with Crippen LogP contribution in [0.3, 0.4) is 0 Å². The van der Waals surface area contributed by atoms with Gasteiger partial charge in [0, 0.05) is 5.92 Å². The highest BCUT2D eigenvalue weighted by Gasteiger charge is 2.29. The molecule has 2 bridgehead atoms. The predicted molar refractivity (Wildman–Crippen MR) is 78.2 cm³/mol. The van der Waals surface area contributed by atoms with Crippen LogP contribution in [-0.2, 0) is 0 Å². The normalized spacial score (nSPS) is 25.8. The van der Waals surface area contributed by atoms with E-state index in [1.54, 1.807) is 11.1 Å². The third-order valence-electron chi connectivity index (χ3n) is 4.39. The minimum Gasteiger partial charge on any atom is -0.0772 e. The summed E-state index contributed by atoms with van der Waals surface area (Å²) in [5, 5.41) is 0. The van der Waals surface area contributed by atoms with Crippen molar-refractivity contribution in [1.29, 1.82) is 0 Å². The van der Waals surface area contributed by atoms with Gasteiger partial charge in [0.1, 0.15) is 0 Å². The Kier molecular flexibility index (Phi) is 3.36. The number of allylic oxidation sites excluding steroid dienone is 4. The van der Waals surface area contributed by atoms with Crippen LogP contribution in [0.1, 0.15) is 44.6 Å². The maximum absolute atomic E-state index is 2.58. The first kappa shape index (κ1) is 11.8. The molecule has 0 aliphatic heterocycles. The van der Waals surface area contributed by atoms with Gasteiger partial charge in [0.25, 0.3) is 0 Å². The zero-order chi connectivity index (χ0) is 12.4. The third kappa shape index (κ3) is 2.16. The van der Waals surface area contributed by atoms with Crippen LogP contribution in [0.2, 0.25) is 0 Å². The zero-order valence-corrected chi connectivity index (χ0v) is 11.2. The molecule has 1 aromatic carbocycles. The van der Waals surface area contributed by atoms with Gasteiger partial charge >= 0.3 is 0 Å². The fourth-order valence-electron chi connectivity index (χ4n) is 3.38. The lowest BCUT2D eigenvalue weighted by Gasteiger charge is -2.35. The smallest absolute Gasteiger partial charge is 0.00241 e. The Labute approximate surface area is 110 Å². The van der Waals surface area contributed by atoms with E-state index in [-0.39, 0.29) is 0 Å². The Morgan fingerprint density at radius 3 is 2.44 bits per heavy atom. The lowest BCUT2D eigenvalue weighted by Crippen LogP contribution is -2.20. The quantitative estimate of drug-likeness (QED) is 0.630. The van der Waals surface area contributed by atoms with Crippen LogP contribution in [0.25, 0.3) is 5.57 Å². The number of hydrogen-bond donors (Lipinski definition) is 0. The minimum atomic E-state index is 0.684. The lowest BCUT2D eigenvalue weighted by atomic mass is 9.69.